The Kier molecular flexibility index (Phi) is 5.37. The van der Waals surface area contributed by atoms with Crippen molar-refractivity contribution < 1.29 is 9.53 Å². The lowest BCUT2D eigenvalue weighted by Gasteiger charge is -2.57. The second-order valence-corrected chi connectivity index (χ2v) is 10.7. The van der Waals surface area contributed by atoms with Gasteiger partial charge in [-0.3, -0.25) is 4.79 Å². The Morgan fingerprint density at radius 1 is 1.24 bits per heavy atom. The SMILES string of the molecule is C/C(CC12CC3CC(CC(C3)C1)C2)=N/NC(=O)Cc1csc(N2CCOCC2)n1. The van der Waals surface area contributed by atoms with Crippen LogP contribution in [-0.2, 0) is 16.0 Å². The van der Waals surface area contributed by atoms with Crippen molar-refractivity contribution in [1.29, 1.82) is 0 Å². The number of carbonyl (C=O) groups is 1. The average molecular weight is 417 g/mol. The number of rotatable bonds is 6. The second-order valence-electron chi connectivity index (χ2n) is 9.87. The van der Waals surface area contributed by atoms with E-state index in [0.717, 1.165) is 67.0 Å². The van der Waals surface area contributed by atoms with E-state index in [4.69, 9.17) is 4.74 Å². The largest absolute Gasteiger partial charge is 0.378 e. The summed E-state index contributed by atoms with van der Waals surface area (Å²) in [4.78, 5) is 19.2. The number of thiazole rings is 1. The van der Waals surface area contributed by atoms with E-state index < -0.39 is 0 Å². The highest BCUT2D eigenvalue weighted by molar-refractivity contribution is 7.13. The lowest BCUT2D eigenvalue weighted by atomic mass is 9.48. The zero-order valence-electron chi connectivity index (χ0n) is 17.4. The fraction of sp³-hybridized carbons (Fsp3) is 0.773. The minimum Gasteiger partial charge on any atom is -0.378 e. The molecule has 6 rings (SSSR count). The molecule has 158 valence electrons. The molecule has 29 heavy (non-hydrogen) atoms. The smallest absolute Gasteiger partial charge is 0.246 e. The third-order valence-electron chi connectivity index (χ3n) is 7.33. The molecule has 1 aromatic rings. The molecule has 0 spiro atoms. The van der Waals surface area contributed by atoms with E-state index >= 15 is 0 Å². The molecule has 5 aliphatic rings. The van der Waals surface area contributed by atoms with Gasteiger partial charge in [-0.15, -0.1) is 11.3 Å². The number of anilines is 1. The fourth-order valence-corrected chi connectivity index (χ4v) is 7.61. The Balaban J connectivity index is 1.13. The summed E-state index contributed by atoms with van der Waals surface area (Å²) in [5.74, 6) is 2.78. The number of ether oxygens (including phenoxy) is 1. The molecule has 4 bridgehead atoms. The van der Waals surface area contributed by atoms with Crippen molar-refractivity contribution in [2.24, 2.45) is 28.3 Å². The van der Waals surface area contributed by atoms with Gasteiger partial charge in [0.1, 0.15) is 0 Å². The van der Waals surface area contributed by atoms with Crippen molar-refractivity contribution in [2.75, 3.05) is 31.2 Å². The first-order chi connectivity index (χ1) is 14.1. The Hall–Kier alpha value is -1.47. The van der Waals surface area contributed by atoms with Gasteiger partial charge >= 0.3 is 0 Å². The number of hydrogen-bond acceptors (Lipinski definition) is 6. The van der Waals surface area contributed by atoms with Gasteiger partial charge in [-0.25, -0.2) is 10.4 Å². The van der Waals surface area contributed by atoms with E-state index in [0.29, 0.717) is 5.41 Å². The number of aromatic nitrogens is 1. The molecule has 1 aromatic heterocycles. The molecule has 0 atom stereocenters. The summed E-state index contributed by atoms with van der Waals surface area (Å²) in [6.45, 7) is 5.30. The zero-order valence-corrected chi connectivity index (χ0v) is 18.2. The molecule has 1 aliphatic heterocycles. The highest BCUT2D eigenvalue weighted by atomic mass is 32.1. The van der Waals surface area contributed by atoms with Crippen LogP contribution in [0.15, 0.2) is 10.5 Å². The molecule has 1 N–H and O–H groups in total. The van der Waals surface area contributed by atoms with Gasteiger partial charge in [0.25, 0.3) is 0 Å². The van der Waals surface area contributed by atoms with Crippen LogP contribution in [0.5, 0.6) is 0 Å². The Labute approximate surface area is 177 Å². The minimum atomic E-state index is -0.0753. The van der Waals surface area contributed by atoms with Crippen LogP contribution >= 0.6 is 11.3 Å². The Morgan fingerprint density at radius 2 is 1.90 bits per heavy atom. The first-order valence-electron chi connectivity index (χ1n) is 11.2. The summed E-state index contributed by atoms with van der Waals surface area (Å²) in [5, 5.41) is 7.43. The van der Waals surface area contributed by atoms with Gasteiger partial charge in [-0.2, -0.15) is 5.10 Å². The molecule has 4 aliphatic carbocycles. The van der Waals surface area contributed by atoms with Crippen molar-refractivity contribution in [1.82, 2.24) is 10.4 Å². The molecule has 7 heteroatoms. The highest BCUT2D eigenvalue weighted by Gasteiger charge is 2.50. The molecule has 6 nitrogen and oxygen atoms in total. The van der Waals surface area contributed by atoms with Gasteiger partial charge in [0.05, 0.1) is 25.3 Å². The third-order valence-corrected chi connectivity index (χ3v) is 8.28. The predicted molar refractivity (Wildman–Crippen MR) is 115 cm³/mol. The molecule has 0 unspecified atom stereocenters. The van der Waals surface area contributed by atoms with Crippen LogP contribution in [0.3, 0.4) is 0 Å². The molecule has 0 aromatic carbocycles. The molecular weight excluding hydrogens is 384 g/mol. The number of nitrogens with one attached hydrogen (secondary N) is 1. The maximum atomic E-state index is 12.4. The van der Waals surface area contributed by atoms with Crippen LogP contribution in [-0.4, -0.2) is 42.9 Å². The van der Waals surface area contributed by atoms with E-state index in [1.807, 2.05) is 5.38 Å². The summed E-state index contributed by atoms with van der Waals surface area (Å²) in [6.07, 6.45) is 9.86. The monoisotopic (exact) mass is 416 g/mol. The molecule has 1 amide bonds. The van der Waals surface area contributed by atoms with Crippen LogP contribution in [0.25, 0.3) is 0 Å². The molecule has 0 radical (unpaired) electrons. The van der Waals surface area contributed by atoms with E-state index in [2.05, 4.69) is 27.3 Å². The molecule has 2 heterocycles. The molecule has 5 fully saturated rings. The number of morpholine rings is 1. The first kappa shape index (κ1) is 19.5. The zero-order chi connectivity index (χ0) is 19.8. The number of nitrogens with zero attached hydrogens (tertiary/aromatic N) is 3. The minimum absolute atomic E-state index is 0.0753. The number of carbonyl (C=O) groups excluding carboxylic acids is 1. The van der Waals surface area contributed by atoms with Gasteiger partial charge in [0.15, 0.2) is 5.13 Å². The molecule has 1 saturated heterocycles. The lowest BCUT2D eigenvalue weighted by molar-refractivity contribution is -0.120. The summed E-state index contributed by atoms with van der Waals surface area (Å²) in [5.41, 5.74) is 5.15. The van der Waals surface area contributed by atoms with E-state index in [1.165, 1.54) is 38.5 Å². The third kappa shape index (κ3) is 4.36. The molecular formula is C22H32N4O2S. The predicted octanol–water partition coefficient (Wildman–Crippen LogP) is 3.62. The van der Waals surface area contributed by atoms with Gasteiger partial charge in [-0.05, 0) is 75.0 Å². The topological polar surface area (TPSA) is 66.8 Å². The van der Waals surface area contributed by atoms with Gasteiger partial charge < -0.3 is 9.64 Å². The van der Waals surface area contributed by atoms with Gasteiger partial charge in [-0.1, -0.05) is 0 Å². The van der Waals surface area contributed by atoms with Crippen LogP contribution in [0, 0.1) is 23.2 Å². The summed E-state index contributed by atoms with van der Waals surface area (Å²) in [7, 11) is 0. The Morgan fingerprint density at radius 3 is 2.55 bits per heavy atom. The van der Waals surface area contributed by atoms with Gasteiger partial charge in [0.2, 0.25) is 5.91 Å². The normalized spacial score (nSPS) is 33.9. The van der Waals surface area contributed by atoms with Gasteiger partial charge in [0, 0.05) is 24.2 Å². The van der Waals surface area contributed by atoms with E-state index in [1.54, 1.807) is 11.3 Å². The summed E-state index contributed by atoms with van der Waals surface area (Å²) < 4.78 is 5.39. The van der Waals surface area contributed by atoms with Crippen molar-refractivity contribution in [3.05, 3.63) is 11.1 Å². The lowest BCUT2D eigenvalue weighted by Crippen LogP contribution is -2.46. The quantitative estimate of drug-likeness (QED) is 0.568. The number of amides is 1. The van der Waals surface area contributed by atoms with Crippen LogP contribution < -0.4 is 10.3 Å². The molecule has 4 saturated carbocycles. The number of hydrazone groups is 1. The van der Waals surface area contributed by atoms with E-state index in [-0.39, 0.29) is 12.3 Å². The average Bonchev–Trinajstić information content (AvgIpc) is 3.14. The number of hydrogen-bond donors (Lipinski definition) is 1. The van der Waals surface area contributed by atoms with Crippen LogP contribution in [0.1, 0.15) is 57.6 Å². The second kappa shape index (κ2) is 7.99. The maximum absolute atomic E-state index is 12.4. The Bertz CT molecular complexity index is 748. The fourth-order valence-electron chi connectivity index (χ4n) is 6.73. The van der Waals surface area contributed by atoms with Crippen molar-refractivity contribution >= 4 is 28.1 Å². The highest BCUT2D eigenvalue weighted by Crippen LogP contribution is 2.61. The van der Waals surface area contributed by atoms with Crippen molar-refractivity contribution in [2.45, 2.75) is 58.3 Å². The van der Waals surface area contributed by atoms with Crippen molar-refractivity contribution in [3.8, 4) is 0 Å². The first-order valence-corrected chi connectivity index (χ1v) is 12.0. The van der Waals surface area contributed by atoms with Crippen LogP contribution in [0.4, 0.5) is 5.13 Å². The summed E-state index contributed by atoms with van der Waals surface area (Å²) >= 11 is 1.60. The van der Waals surface area contributed by atoms with Crippen molar-refractivity contribution in [3.63, 3.8) is 0 Å². The maximum Gasteiger partial charge on any atom is 0.246 e. The summed E-state index contributed by atoms with van der Waals surface area (Å²) in [6, 6.07) is 0. The van der Waals surface area contributed by atoms with E-state index in [9.17, 15) is 4.79 Å². The van der Waals surface area contributed by atoms with Crippen LogP contribution in [0.2, 0.25) is 0 Å². The standard InChI is InChI=1S/C22H32N4O2S/c1-15(10-22-11-16-6-17(12-22)8-18(7-16)13-22)24-25-20(27)9-19-14-29-21(23-19)26-2-4-28-5-3-26/h14,16-18H,2-13H2,1H3,(H,25,27)/b24-15-.